The monoisotopic (exact) mass is 378 g/mol. The normalized spacial score (nSPS) is 11.1. The summed E-state index contributed by atoms with van der Waals surface area (Å²) in [5.41, 5.74) is 5.71. The van der Waals surface area contributed by atoms with E-state index >= 15 is 0 Å². The van der Waals surface area contributed by atoms with Gasteiger partial charge in [-0.2, -0.15) is 4.80 Å². The molecule has 2 aromatic carbocycles. The Hall–Kier alpha value is -2.69. The second kappa shape index (κ2) is 9.49. The lowest BCUT2D eigenvalue weighted by atomic mass is 10.1. The summed E-state index contributed by atoms with van der Waals surface area (Å²) in [6.45, 7) is 6.33. The third-order valence-corrected chi connectivity index (χ3v) is 4.99. The zero-order valence-electron chi connectivity index (χ0n) is 17.2. The van der Waals surface area contributed by atoms with Crippen LogP contribution in [-0.4, -0.2) is 20.9 Å². The Kier molecular flexibility index (Phi) is 6.80. The van der Waals surface area contributed by atoms with Gasteiger partial charge in [0.2, 0.25) is 5.91 Å². The molecule has 0 unspecified atom stereocenters. The summed E-state index contributed by atoms with van der Waals surface area (Å²) in [7, 11) is 0. The van der Waals surface area contributed by atoms with E-state index in [0.717, 1.165) is 53.7 Å². The van der Waals surface area contributed by atoms with Gasteiger partial charge in [0.25, 0.3) is 0 Å². The fraction of sp³-hybridized carbons (Fsp3) is 0.435. The number of anilines is 1. The number of nitrogens with zero attached hydrogens (tertiary/aromatic N) is 3. The molecule has 0 atom stereocenters. The number of amides is 1. The van der Waals surface area contributed by atoms with Crippen LogP contribution in [0.1, 0.15) is 63.5 Å². The van der Waals surface area contributed by atoms with Gasteiger partial charge in [-0.05, 0) is 61.6 Å². The summed E-state index contributed by atoms with van der Waals surface area (Å²) in [5.74, 6) is 0.0611. The molecule has 0 spiro atoms. The average molecular weight is 379 g/mol. The van der Waals surface area contributed by atoms with E-state index in [-0.39, 0.29) is 5.91 Å². The molecule has 0 aliphatic rings. The van der Waals surface area contributed by atoms with Crippen LogP contribution in [0.15, 0.2) is 36.4 Å². The largest absolute Gasteiger partial charge is 0.326 e. The van der Waals surface area contributed by atoms with Crippen LogP contribution in [0.3, 0.4) is 0 Å². The van der Waals surface area contributed by atoms with Crippen LogP contribution in [0, 0.1) is 6.92 Å². The van der Waals surface area contributed by atoms with Crippen molar-refractivity contribution < 1.29 is 4.79 Å². The van der Waals surface area contributed by atoms with Crippen LogP contribution in [0.5, 0.6) is 0 Å². The van der Waals surface area contributed by atoms with Crippen molar-refractivity contribution >= 4 is 22.6 Å². The molecule has 0 aliphatic heterocycles. The van der Waals surface area contributed by atoms with Gasteiger partial charge in [0.15, 0.2) is 0 Å². The fourth-order valence-corrected chi connectivity index (χ4v) is 3.24. The van der Waals surface area contributed by atoms with Gasteiger partial charge in [-0.25, -0.2) is 0 Å². The van der Waals surface area contributed by atoms with E-state index in [4.69, 9.17) is 0 Å². The van der Waals surface area contributed by atoms with Crippen molar-refractivity contribution in [3.63, 3.8) is 0 Å². The summed E-state index contributed by atoms with van der Waals surface area (Å²) in [6, 6.07) is 12.3. The smallest absolute Gasteiger partial charge is 0.224 e. The highest BCUT2D eigenvalue weighted by Crippen LogP contribution is 2.23. The Morgan fingerprint density at radius 1 is 0.964 bits per heavy atom. The molecule has 3 rings (SSSR count). The minimum atomic E-state index is 0.0611. The number of fused-ring (bicyclic) bond motifs is 1. The first-order valence-electron chi connectivity index (χ1n) is 10.4. The number of rotatable bonds is 9. The van der Waals surface area contributed by atoms with Crippen molar-refractivity contribution in [2.45, 2.75) is 65.7 Å². The molecule has 1 heterocycles. The Morgan fingerprint density at radius 2 is 1.64 bits per heavy atom. The average Bonchev–Trinajstić information content (AvgIpc) is 3.10. The number of hydrogen-bond acceptors (Lipinski definition) is 3. The predicted molar refractivity (Wildman–Crippen MR) is 115 cm³/mol. The van der Waals surface area contributed by atoms with Gasteiger partial charge in [-0.3, -0.25) is 4.79 Å². The van der Waals surface area contributed by atoms with Gasteiger partial charge < -0.3 is 5.32 Å². The third kappa shape index (κ3) is 4.97. The van der Waals surface area contributed by atoms with E-state index in [2.05, 4.69) is 53.6 Å². The molecular formula is C23H30N4O. The molecule has 0 aliphatic carbocycles. The molecule has 5 heteroatoms. The van der Waals surface area contributed by atoms with Crippen LogP contribution in [0.4, 0.5) is 5.69 Å². The van der Waals surface area contributed by atoms with Crippen LogP contribution in [0.2, 0.25) is 0 Å². The SMILES string of the molecule is CCCCCC(=O)Nc1cc2nn(-c3ccc(CCCC)cc3)nc2cc1C. The third-order valence-electron chi connectivity index (χ3n) is 4.99. The molecule has 28 heavy (non-hydrogen) atoms. The highest BCUT2D eigenvalue weighted by Gasteiger charge is 2.10. The van der Waals surface area contributed by atoms with Crippen molar-refractivity contribution in [2.75, 3.05) is 5.32 Å². The number of carbonyl (C=O) groups is 1. The van der Waals surface area contributed by atoms with E-state index in [1.807, 2.05) is 19.1 Å². The van der Waals surface area contributed by atoms with Gasteiger partial charge in [0.1, 0.15) is 11.0 Å². The number of aryl methyl sites for hydroxylation is 2. The molecular weight excluding hydrogens is 348 g/mol. The molecule has 5 nitrogen and oxygen atoms in total. The lowest BCUT2D eigenvalue weighted by Crippen LogP contribution is -2.12. The Bertz CT molecular complexity index is 928. The minimum Gasteiger partial charge on any atom is -0.326 e. The zero-order chi connectivity index (χ0) is 19.9. The maximum absolute atomic E-state index is 12.2. The molecule has 0 saturated carbocycles. The molecule has 1 aromatic heterocycles. The molecule has 0 fully saturated rings. The second-order valence-electron chi connectivity index (χ2n) is 7.42. The number of aromatic nitrogens is 3. The van der Waals surface area contributed by atoms with Crippen molar-refractivity contribution in [1.29, 1.82) is 0 Å². The summed E-state index contributed by atoms with van der Waals surface area (Å²) >= 11 is 0. The van der Waals surface area contributed by atoms with Crippen LogP contribution in [-0.2, 0) is 11.2 Å². The van der Waals surface area contributed by atoms with Crippen LogP contribution < -0.4 is 5.32 Å². The number of benzene rings is 2. The summed E-state index contributed by atoms with van der Waals surface area (Å²) in [6.07, 6.45) is 7.18. The lowest BCUT2D eigenvalue weighted by Gasteiger charge is -2.07. The molecule has 0 bridgehead atoms. The van der Waals surface area contributed by atoms with Crippen molar-refractivity contribution in [3.8, 4) is 5.69 Å². The van der Waals surface area contributed by atoms with Crippen LogP contribution in [0.25, 0.3) is 16.7 Å². The molecule has 0 radical (unpaired) electrons. The number of carbonyl (C=O) groups excluding carboxylic acids is 1. The highest BCUT2D eigenvalue weighted by atomic mass is 16.1. The highest BCUT2D eigenvalue weighted by molar-refractivity contribution is 5.94. The molecule has 1 N–H and O–H groups in total. The summed E-state index contributed by atoms with van der Waals surface area (Å²) < 4.78 is 0. The summed E-state index contributed by atoms with van der Waals surface area (Å²) in [4.78, 5) is 13.8. The van der Waals surface area contributed by atoms with Gasteiger partial charge in [0, 0.05) is 12.1 Å². The number of unbranched alkanes of at least 4 members (excludes halogenated alkanes) is 3. The molecule has 0 saturated heterocycles. The van der Waals surface area contributed by atoms with Gasteiger partial charge in [-0.15, -0.1) is 10.2 Å². The first-order chi connectivity index (χ1) is 13.6. The quantitative estimate of drug-likeness (QED) is 0.494. The van der Waals surface area contributed by atoms with Crippen molar-refractivity contribution in [3.05, 3.63) is 47.5 Å². The Morgan fingerprint density at radius 3 is 2.32 bits per heavy atom. The van der Waals surface area contributed by atoms with E-state index < -0.39 is 0 Å². The number of hydrogen-bond donors (Lipinski definition) is 1. The van der Waals surface area contributed by atoms with E-state index in [9.17, 15) is 4.79 Å². The first kappa shape index (κ1) is 20.1. The van der Waals surface area contributed by atoms with Crippen LogP contribution >= 0.6 is 0 Å². The standard InChI is InChI=1S/C23H30N4O/c1-4-6-8-10-23(28)24-20-16-22-21(15-17(20)3)25-27(26-22)19-13-11-18(12-14-19)9-7-5-2/h11-16H,4-10H2,1-3H3,(H,24,28). The van der Waals surface area contributed by atoms with Crippen molar-refractivity contribution in [1.82, 2.24) is 15.0 Å². The van der Waals surface area contributed by atoms with Gasteiger partial charge in [-0.1, -0.05) is 45.2 Å². The Labute approximate surface area is 167 Å². The van der Waals surface area contributed by atoms with E-state index in [0.29, 0.717) is 6.42 Å². The zero-order valence-corrected chi connectivity index (χ0v) is 17.2. The lowest BCUT2D eigenvalue weighted by molar-refractivity contribution is -0.116. The fourth-order valence-electron chi connectivity index (χ4n) is 3.24. The maximum atomic E-state index is 12.2. The number of nitrogens with one attached hydrogen (secondary N) is 1. The summed E-state index contributed by atoms with van der Waals surface area (Å²) in [5, 5.41) is 12.2. The minimum absolute atomic E-state index is 0.0611. The van der Waals surface area contributed by atoms with E-state index in [1.54, 1.807) is 4.80 Å². The molecule has 148 valence electrons. The van der Waals surface area contributed by atoms with E-state index in [1.165, 1.54) is 18.4 Å². The first-order valence-corrected chi connectivity index (χ1v) is 10.4. The second-order valence-corrected chi connectivity index (χ2v) is 7.42. The van der Waals surface area contributed by atoms with Crippen molar-refractivity contribution in [2.24, 2.45) is 0 Å². The maximum Gasteiger partial charge on any atom is 0.224 e. The predicted octanol–water partition coefficient (Wildman–Crippen LogP) is 5.59. The molecule has 3 aromatic rings. The molecule has 1 amide bonds. The topological polar surface area (TPSA) is 59.8 Å². The van der Waals surface area contributed by atoms with Gasteiger partial charge in [0.05, 0.1) is 5.69 Å². The van der Waals surface area contributed by atoms with Gasteiger partial charge >= 0.3 is 0 Å². The Balaban J connectivity index is 1.77.